The molecule has 0 aromatic heterocycles. The van der Waals surface area contributed by atoms with Gasteiger partial charge in [-0.25, -0.2) is 0 Å². The van der Waals surface area contributed by atoms with Crippen molar-refractivity contribution in [1.29, 1.82) is 5.26 Å². The SMILES string of the molecule is C#CCO/N=C(\C#N)c1ccccc1Br. The molecular formula is C11H7BrN2O. The number of nitrogens with zero attached hydrogens (tertiary/aromatic N) is 2. The summed E-state index contributed by atoms with van der Waals surface area (Å²) in [5.41, 5.74) is 0.870. The molecular weight excluding hydrogens is 256 g/mol. The van der Waals surface area contributed by atoms with Gasteiger partial charge in [0.25, 0.3) is 0 Å². The van der Waals surface area contributed by atoms with Crippen LogP contribution in [0.3, 0.4) is 0 Å². The molecule has 1 aromatic carbocycles. The number of hydrogen-bond acceptors (Lipinski definition) is 3. The van der Waals surface area contributed by atoms with Gasteiger partial charge in [0.15, 0.2) is 12.3 Å². The summed E-state index contributed by atoms with van der Waals surface area (Å²) in [5, 5.41) is 12.5. The third-order valence-corrected chi connectivity index (χ3v) is 2.23. The molecule has 0 saturated carbocycles. The van der Waals surface area contributed by atoms with E-state index >= 15 is 0 Å². The number of benzene rings is 1. The van der Waals surface area contributed by atoms with Crippen LogP contribution in [0.25, 0.3) is 0 Å². The molecule has 0 fully saturated rings. The Morgan fingerprint density at radius 1 is 1.53 bits per heavy atom. The smallest absolute Gasteiger partial charge is 0.188 e. The number of halogens is 1. The number of hydrogen-bond donors (Lipinski definition) is 0. The van der Waals surface area contributed by atoms with Crippen LogP contribution in [0.4, 0.5) is 0 Å². The van der Waals surface area contributed by atoms with E-state index < -0.39 is 0 Å². The van der Waals surface area contributed by atoms with Crippen LogP contribution < -0.4 is 0 Å². The maximum Gasteiger partial charge on any atom is 0.188 e. The third-order valence-electron chi connectivity index (χ3n) is 1.54. The van der Waals surface area contributed by atoms with Crippen molar-refractivity contribution >= 4 is 21.6 Å². The molecule has 0 aliphatic rings. The highest BCUT2D eigenvalue weighted by molar-refractivity contribution is 9.10. The summed E-state index contributed by atoms with van der Waals surface area (Å²) >= 11 is 3.32. The molecule has 0 bridgehead atoms. The molecule has 0 amide bonds. The molecule has 1 rings (SSSR count). The summed E-state index contributed by atoms with van der Waals surface area (Å²) in [5.74, 6) is 2.26. The highest BCUT2D eigenvalue weighted by Gasteiger charge is 2.06. The summed E-state index contributed by atoms with van der Waals surface area (Å²) < 4.78 is 0.787. The van der Waals surface area contributed by atoms with Gasteiger partial charge < -0.3 is 4.84 Å². The van der Waals surface area contributed by atoms with E-state index in [4.69, 9.17) is 16.5 Å². The lowest BCUT2D eigenvalue weighted by Crippen LogP contribution is -2.00. The molecule has 74 valence electrons. The second kappa shape index (κ2) is 5.85. The number of nitriles is 1. The van der Waals surface area contributed by atoms with E-state index in [1.165, 1.54) is 0 Å². The van der Waals surface area contributed by atoms with Crippen LogP contribution >= 0.6 is 15.9 Å². The summed E-state index contributed by atoms with van der Waals surface area (Å²) in [7, 11) is 0. The van der Waals surface area contributed by atoms with Crippen molar-refractivity contribution in [2.75, 3.05) is 6.61 Å². The first-order chi connectivity index (χ1) is 7.29. The zero-order chi connectivity index (χ0) is 11.1. The first kappa shape index (κ1) is 11.3. The monoisotopic (exact) mass is 262 g/mol. The van der Waals surface area contributed by atoms with Crippen molar-refractivity contribution in [3.8, 4) is 18.4 Å². The van der Waals surface area contributed by atoms with Gasteiger partial charge in [-0.1, -0.05) is 45.2 Å². The van der Waals surface area contributed by atoms with Crippen LogP contribution in [0.1, 0.15) is 5.56 Å². The Labute approximate surface area is 96.5 Å². The zero-order valence-electron chi connectivity index (χ0n) is 7.77. The average molecular weight is 263 g/mol. The van der Waals surface area contributed by atoms with Crippen molar-refractivity contribution in [3.63, 3.8) is 0 Å². The Morgan fingerprint density at radius 3 is 2.87 bits per heavy atom. The van der Waals surface area contributed by atoms with Crippen molar-refractivity contribution in [2.45, 2.75) is 0 Å². The Hall–Kier alpha value is -1.78. The molecule has 0 heterocycles. The molecule has 0 aliphatic carbocycles. The Bertz CT molecular complexity index is 454. The minimum Gasteiger partial charge on any atom is -0.382 e. The van der Waals surface area contributed by atoms with Gasteiger partial charge >= 0.3 is 0 Å². The lowest BCUT2D eigenvalue weighted by molar-refractivity contribution is 0.180. The third kappa shape index (κ3) is 3.12. The fourth-order valence-electron chi connectivity index (χ4n) is 0.917. The van der Waals surface area contributed by atoms with Gasteiger partial charge in [0.2, 0.25) is 0 Å². The van der Waals surface area contributed by atoms with E-state index in [0.717, 1.165) is 4.47 Å². The van der Waals surface area contributed by atoms with E-state index in [-0.39, 0.29) is 12.3 Å². The van der Waals surface area contributed by atoms with E-state index in [0.29, 0.717) is 5.56 Å². The van der Waals surface area contributed by atoms with Crippen molar-refractivity contribution < 1.29 is 4.84 Å². The van der Waals surface area contributed by atoms with Gasteiger partial charge in [0.1, 0.15) is 6.07 Å². The van der Waals surface area contributed by atoms with E-state index in [1.807, 2.05) is 24.3 Å². The zero-order valence-corrected chi connectivity index (χ0v) is 9.36. The van der Waals surface area contributed by atoms with Gasteiger partial charge in [-0.2, -0.15) is 5.26 Å². The van der Waals surface area contributed by atoms with Gasteiger partial charge in [0.05, 0.1) is 0 Å². The fourth-order valence-corrected chi connectivity index (χ4v) is 1.39. The largest absolute Gasteiger partial charge is 0.382 e. The molecule has 0 N–H and O–H groups in total. The summed E-state index contributed by atoms with van der Waals surface area (Å²) in [4.78, 5) is 4.75. The molecule has 0 unspecified atom stereocenters. The Kier molecular flexibility index (Phi) is 4.40. The lowest BCUT2D eigenvalue weighted by Gasteiger charge is -2.00. The average Bonchev–Trinajstić information content (AvgIpc) is 2.26. The first-order valence-corrected chi connectivity index (χ1v) is 4.87. The minimum atomic E-state index is 0.0512. The van der Waals surface area contributed by atoms with Crippen molar-refractivity contribution in [2.24, 2.45) is 5.16 Å². The minimum absolute atomic E-state index is 0.0512. The highest BCUT2D eigenvalue weighted by Crippen LogP contribution is 2.16. The van der Waals surface area contributed by atoms with Crippen molar-refractivity contribution in [1.82, 2.24) is 0 Å². The maximum atomic E-state index is 8.87. The predicted octanol–water partition coefficient (Wildman–Crippen LogP) is 2.33. The topological polar surface area (TPSA) is 45.4 Å². The molecule has 0 aliphatic heterocycles. The van der Waals surface area contributed by atoms with Crippen LogP contribution in [0.2, 0.25) is 0 Å². The molecule has 0 spiro atoms. The van der Waals surface area contributed by atoms with E-state index in [2.05, 4.69) is 27.0 Å². The predicted molar refractivity (Wildman–Crippen MR) is 61.1 cm³/mol. The standard InChI is InChI=1S/C11H7BrN2O/c1-2-7-15-14-11(8-13)9-5-3-4-6-10(9)12/h1,3-6H,7H2/b14-11+. The maximum absolute atomic E-state index is 8.87. The summed E-state index contributed by atoms with van der Waals surface area (Å²) in [6, 6.07) is 9.20. The van der Waals surface area contributed by atoms with Gasteiger partial charge in [-0.3, -0.25) is 0 Å². The lowest BCUT2D eigenvalue weighted by atomic mass is 10.1. The number of oxime groups is 1. The van der Waals surface area contributed by atoms with Crippen LogP contribution in [0.15, 0.2) is 33.9 Å². The number of rotatable bonds is 3. The molecule has 0 atom stereocenters. The van der Waals surface area contributed by atoms with Crippen LogP contribution in [-0.2, 0) is 4.84 Å². The molecule has 4 heteroatoms. The summed E-state index contributed by atoms with van der Waals surface area (Å²) in [6.45, 7) is 0.0512. The van der Waals surface area contributed by atoms with Crippen LogP contribution in [0.5, 0.6) is 0 Å². The number of terminal acetylenes is 1. The van der Waals surface area contributed by atoms with Crippen LogP contribution in [0, 0.1) is 23.7 Å². The van der Waals surface area contributed by atoms with Crippen LogP contribution in [-0.4, -0.2) is 12.3 Å². The van der Waals surface area contributed by atoms with E-state index in [9.17, 15) is 0 Å². The quantitative estimate of drug-likeness (QED) is 0.363. The molecule has 3 nitrogen and oxygen atoms in total. The Balaban J connectivity index is 2.95. The van der Waals surface area contributed by atoms with Gasteiger partial charge in [-0.15, -0.1) is 6.42 Å². The molecule has 1 aromatic rings. The van der Waals surface area contributed by atoms with Crippen molar-refractivity contribution in [3.05, 3.63) is 34.3 Å². The van der Waals surface area contributed by atoms with Gasteiger partial charge in [-0.05, 0) is 6.07 Å². The summed E-state index contributed by atoms with van der Waals surface area (Å²) in [6.07, 6.45) is 4.99. The second-order valence-electron chi connectivity index (χ2n) is 2.51. The highest BCUT2D eigenvalue weighted by atomic mass is 79.9. The molecule has 15 heavy (non-hydrogen) atoms. The molecule has 0 saturated heterocycles. The normalized spacial score (nSPS) is 10.2. The van der Waals surface area contributed by atoms with Gasteiger partial charge in [0, 0.05) is 10.0 Å². The van der Waals surface area contributed by atoms with E-state index in [1.54, 1.807) is 6.07 Å². The Morgan fingerprint density at radius 2 is 2.27 bits per heavy atom. The fraction of sp³-hybridized carbons (Fsp3) is 0.0909. The second-order valence-corrected chi connectivity index (χ2v) is 3.36. The first-order valence-electron chi connectivity index (χ1n) is 4.08. The molecule has 0 radical (unpaired) electrons.